The summed E-state index contributed by atoms with van der Waals surface area (Å²) in [7, 11) is 0. The number of para-hydroxylation sites is 2. The molecule has 0 aliphatic rings. The summed E-state index contributed by atoms with van der Waals surface area (Å²) in [5.74, 6) is 0.620. The van der Waals surface area contributed by atoms with Crippen molar-refractivity contribution in [2.75, 3.05) is 0 Å². The van der Waals surface area contributed by atoms with Gasteiger partial charge >= 0.3 is 0 Å². The summed E-state index contributed by atoms with van der Waals surface area (Å²) in [4.78, 5) is 0. The van der Waals surface area contributed by atoms with Crippen LogP contribution in [0.25, 0.3) is 88.3 Å². The van der Waals surface area contributed by atoms with Crippen molar-refractivity contribution in [2.45, 2.75) is 0 Å². The van der Waals surface area contributed by atoms with Gasteiger partial charge in [0.1, 0.15) is 17.0 Å². The Morgan fingerprint density at radius 2 is 1.12 bits per heavy atom. The molecule has 4 nitrogen and oxygen atoms in total. The van der Waals surface area contributed by atoms with E-state index in [2.05, 4.69) is 150 Å². The molecule has 246 valence electrons. The quantitative estimate of drug-likeness (QED) is 0.196. The Morgan fingerprint density at radius 3 is 2.00 bits per heavy atom. The second-order valence-corrected chi connectivity index (χ2v) is 13.3. The Labute approximate surface area is 299 Å². The Hall–Kier alpha value is -7.04. The monoisotopic (exact) mass is 667 g/mol. The van der Waals surface area contributed by atoms with Crippen molar-refractivity contribution < 1.29 is 4.42 Å². The highest BCUT2D eigenvalue weighted by molar-refractivity contribution is 6.19. The molecule has 2 aromatic heterocycles. The van der Waals surface area contributed by atoms with Crippen molar-refractivity contribution in [3.05, 3.63) is 192 Å². The SMILES string of the molecule is N/C(c1cccc(-c2ccccc2)c1)=c1/cccc/c1=C(/N)n1c2ccccc2c2cc3c(-c4cccc5oc6ccccc6c45)cccc3cc21. The van der Waals surface area contributed by atoms with Crippen LogP contribution >= 0.6 is 0 Å². The maximum atomic E-state index is 7.30. The van der Waals surface area contributed by atoms with E-state index in [0.29, 0.717) is 11.5 Å². The van der Waals surface area contributed by atoms with Gasteiger partial charge in [0, 0.05) is 37.7 Å². The van der Waals surface area contributed by atoms with Crippen molar-refractivity contribution >= 4 is 66.0 Å². The van der Waals surface area contributed by atoms with E-state index >= 15 is 0 Å². The molecule has 52 heavy (non-hydrogen) atoms. The fraction of sp³-hybridized carbons (Fsp3) is 0. The molecule has 0 atom stereocenters. The lowest BCUT2D eigenvalue weighted by Gasteiger charge is -2.12. The summed E-state index contributed by atoms with van der Waals surface area (Å²) in [6, 6.07) is 61.1. The van der Waals surface area contributed by atoms with Crippen molar-refractivity contribution in [2.24, 2.45) is 11.5 Å². The van der Waals surface area contributed by atoms with Crippen molar-refractivity contribution in [3.63, 3.8) is 0 Å². The predicted octanol–water partition coefficient (Wildman–Crippen LogP) is 9.87. The molecule has 2 heterocycles. The van der Waals surface area contributed by atoms with Gasteiger partial charge in [-0.05, 0) is 75.0 Å². The van der Waals surface area contributed by atoms with Gasteiger partial charge in [-0.1, -0.05) is 140 Å². The molecule has 0 aliphatic carbocycles. The smallest absolute Gasteiger partial charge is 0.136 e. The van der Waals surface area contributed by atoms with Gasteiger partial charge in [0.05, 0.1) is 11.0 Å². The van der Waals surface area contributed by atoms with Gasteiger partial charge in [-0.15, -0.1) is 0 Å². The van der Waals surface area contributed by atoms with Gasteiger partial charge in [0.25, 0.3) is 0 Å². The van der Waals surface area contributed by atoms with Gasteiger partial charge in [0.15, 0.2) is 0 Å². The number of benzene rings is 8. The first-order chi connectivity index (χ1) is 25.6. The highest BCUT2D eigenvalue weighted by Gasteiger charge is 2.18. The molecule has 4 heteroatoms. The Morgan fingerprint density at radius 1 is 0.442 bits per heavy atom. The molecule has 0 saturated heterocycles. The standard InChI is InChI=1S/C48H33N3O/c49-47(33-17-10-15-31(27-33)30-13-2-1-3-14-30)37-19-4-5-20-38(37)48(50)51-42-24-8-6-18-35(42)41-29-40-32(28-43(41)51)16-11-22-34(40)36-23-12-26-45-46(36)39-21-7-9-25-44(39)52-45/h1-29H,49-50H2/b47-37-,48-38+. The molecular weight excluding hydrogens is 635 g/mol. The van der Waals surface area contributed by atoms with E-state index in [4.69, 9.17) is 15.9 Å². The van der Waals surface area contributed by atoms with Gasteiger partial charge < -0.3 is 15.9 Å². The lowest BCUT2D eigenvalue weighted by Crippen LogP contribution is -2.35. The molecule has 0 bridgehead atoms. The number of nitrogens with two attached hydrogens (primary N) is 2. The molecular formula is C48H33N3O. The first kappa shape index (κ1) is 29.8. The van der Waals surface area contributed by atoms with E-state index in [1.807, 2.05) is 30.3 Å². The summed E-state index contributed by atoms with van der Waals surface area (Å²) >= 11 is 0. The third-order valence-electron chi connectivity index (χ3n) is 10.4. The van der Waals surface area contributed by atoms with E-state index in [1.54, 1.807) is 0 Å². The second-order valence-electron chi connectivity index (χ2n) is 13.3. The Kier molecular flexibility index (Phi) is 6.76. The van der Waals surface area contributed by atoms with E-state index in [0.717, 1.165) is 87.4 Å². The number of rotatable bonds is 4. The van der Waals surface area contributed by atoms with Gasteiger partial charge in [-0.2, -0.15) is 0 Å². The molecule has 4 N–H and O–H groups in total. The summed E-state index contributed by atoms with van der Waals surface area (Å²) < 4.78 is 8.46. The van der Waals surface area contributed by atoms with Crippen molar-refractivity contribution in [1.29, 1.82) is 0 Å². The van der Waals surface area contributed by atoms with Crippen LogP contribution in [0.5, 0.6) is 0 Å². The summed E-state index contributed by atoms with van der Waals surface area (Å²) in [5.41, 5.74) is 24.4. The van der Waals surface area contributed by atoms with Crippen molar-refractivity contribution in [1.82, 2.24) is 4.57 Å². The number of aromatic nitrogens is 1. The second kappa shape index (κ2) is 11.8. The van der Waals surface area contributed by atoms with E-state index in [1.165, 1.54) is 5.39 Å². The Bertz CT molecular complexity index is 3150. The largest absolute Gasteiger partial charge is 0.456 e. The molecule has 0 amide bonds. The highest BCUT2D eigenvalue weighted by Crippen LogP contribution is 2.41. The molecule has 10 aromatic rings. The minimum absolute atomic E-state index is 0.620. The fourth-order valence-electron chi connectivity index (χ4n) is 7.95. The van der Waals surface area contributed by atoms with Crippen LogP contribution < -0.4 is 21.9 Å². The van der Waals surface area contributed by atoms with Gasteiger partial charge in [-0.25, -0.2) is 0 Å². The summed E-state index contributed by atoms with van der Waals surface area (Å²) in [6.07, 6.45) is 0. The average Bonchev–Trinajstić information content (AvgIpc) is 3.75. The number of furan rings is 1. The summed E-state index contributed by atoms with van der Waals surface area (Å²) in [6.45, 7) is 0. The maximum absolute atomic E-state index is 7.30. The topological polar surface area (TPSA) is 70.1 Å². The predicted molar refractivity (Wildman–Crippen MR) is 217 cm³/mol. The highest BCUT2D eigenvalue weighted by atomic mass is 16.3. The zero-order chi connectivity index (χ0) is 34.8. The van der Waals surface area contributed by atoms with E-state index < -0.39 is 0 Å². The normalized spacial score (nSPS) is 13.0. The van der Waals surface area contributed by atoms with Crippen LogP contribution in [-0.2, 0) is 0 Å². The van der Waals surface area contributed by atoms with Crippen molar-refractivity contribution in [3.8, 4) is 22.3 Å². The minimum atomic E-state index is 0.620. The first-order valence-corrected chi connectivity index (χ1v) is 17.5. The number of nitrogens with zero attached hydrogens (tertiary/aromatic N) is 1. The lowest BCUT2D eigenvalue weighted by molar-refractivity contribution is 0.669. The van der Waals surface area contributed by atoms with E-state index in [-0.39, 0.29) is 0 Å². The third kappa shape index (κ3) is 4.62. The molecule has 0 saturated carbocycles. The number of hydrogen-bond donors (Lipinski definition) is 2. The Balaban J connectivity index is 1.23. The minimum Gasteiger partial charge on any atom is -0.456 e. The molecule has 8 aromatic carbocycles. The summed E-state index contributed by atoms with van der Waals surface area (Å²) in [5, 5.41) is 8.58. The molecule has 0 unspecified atom stereocenters. The molecule has 0 aliphatic heterocycles. The number of fused-ring (bicyclic) bond motifs is 7. The van der Waals surface area contributed by atoms with E-state index in [9.17, 15) is 0 Å². The average molecular weight is 668 g/mol. The van der Waals surface area contributed by atoms with Crippen LogP contribution in [-0.4, -0.2) is 4.57 Å². The van der Waals surface area contributed by atoms with Crippen LogP contribution in [0.1, 0.15) is 5.56 Å². The number of hydrogen-bond acceptors (Lipinski definition) is 3. The molecule has 10 rings (SSSR count). The third-order valence-corrected chi connectivity index (χ3v) is 10.4. The lowest BCUT2D eigenvalue weighted by atomic mass is 9.93. The van der Waals surface area contributed by atoms with Crippen LogP contribution in [0.2, 0.25) is 0 Å². The van der Waals surface area contributed by atoms with Crippen LogP contribution in [0.4, 0.5) is 0 Å². The van der Waals surface area contributed by atoms with Crippen LogP contribution in [0.3, 0.4) is 0 Å². The molecule has 0 fully saturated rings. The van der Waals surface area contributed by atoms with Crippen LogP contribution in [0, 0.1) is 0 Å². The zero-order valence-electron chi connectivity index (χ0n) is 28.3. The van der Waals surface area contributed by atoms with Crippen LogP contribution in [0.15, 0.2) is 180 Å². The molecule has 0 radical (unpaired) electrons. The maximum Gasteiger partial charge on any atom is 0.136 e. The van der Waals surface area contributed by atoms with Gasteiger partial charge in [0.2, 0.25) is 0 Å². The first-order valence-electron chi connectivity index (χ1n) is 17.5. The fourth-order valence-corrected chi connectivity index (χ4v) is 7.95. The zero-order valence-corrected chi connectivity index (χ0v) is 28.3. The van der Waals surface area contributed by atoms with Gasteiger partial charge in [-0.3, -0.25) is 4.57 Å². The molecule has 0 spiro atoms.